The number of hydrogen-bond donors (Lipinski definition) is 0. The van der Waals surface area contributed by atoms with Gasteiger partial charge < -0.3 is 45.1 Å². The molecule has 10 nitrogen and oxygen atoms in total. The van der Waals surface area contributed by atoms with Crippen molar-refractivity contribution in [2.75, 3.05) is 35.0 Å². The maximum atomic E-state index is 13.7. The van der Waals surface area contributed by atoms with Gasteiger partial charge in [0.15, 0.2) is 12.4 Å². The molecular formula is C35H33BrN2O8. The van der Waals surface area contributed by atoms with Gasteiger partial charge in [-0.05, 0) is 60.5 Å². The SMILES string of the molecule is CCOC(=O)c1cc(C(=O)c2cc(OC)cc(OC)c2)n2ccc(-c3cc[n+](CC(=O)c4cc(OC)cc(OC)c4)cc3)cc12.[Br-]. The maximum absolute atomic E-state index is 13.7. The first-order chi connectivity index (χ1) is 21.8. The Morgan fingerprint density at radius 2 is 1.24 bits per heavy atom. The van der Waals surface area contributed by atoms with Crippen molar-refractivity contribution in [3.05, 3.63) is 108 Å². The van der Waals surface area contributed by atoms with Crippen molar-refractivity contribution in [3.63, 3.8) is 0 Å². The van der Waals surface area contributed by atoms with Gasteiger partial charge in [-0.15, -0.1) is 0 Å². The number of ketones is 2. The third-order valence-corrected chi connectivity index (χ3v) is 7.34. The van der Waals surface area contributed by atoms with Gasteiger partial charge in [0, 0.05) is 41.6 Å². The van der Waals surface area contributed by atoms with E-state index in [9.17, 15) is 14.4 Å². The number of Topliss-reactive ketones (excluding diaryl/α,β-unsaturated/α-hetero) is 1. The number of carbonyl (C=O) groups excluding carboxylic acids is 3. The zero-order valence-electron chi connectivity index (χ0n) is 26.0. The number of hydrogen-bond acceptors (Lipinski definition) is 8. The summed E-state index contributed by atoms with van der Waals surface area (Å²) in [5.41, 5.74) is 3.55. The van der Waals surface area contributed by atoms with E-state index < -0.39 is 5.97 Å². The number of pyridine rings is 2. The van der Waals surface area contributed by atoms with Gasteiger partial charge in [0.2, 0.25) is 18.1 Å². The summed E-state index contributed by atoms with van der Waals surface area (Å²) >= 11 is 0. The minimum absolute atomic E-state index is 0. The molecule has 46 heavy (non-hydrogen) atoms. The lowest BCUT2D eigenvalue weighted by Crippen LogP contribution is -3.00. The molecule has 3 aromatic heterocycles. The zero-order valence-corrected chi connectivity index (χ0v) is 27.6. The normalized spacial score (nSPS) is 10.5. The quantitative estimate of drug-likeness (QED) is 0.112. The van der Waals surface area contributed by atoms with Crippen molar-refractivity contribution in [2.45, 2.75) is 13.5 Å². The van der Waals surface area contributed by atoms with E-state index in [1.165, 1.54) is 28.4 Å². The first-order valence-corrected chi connectivity index (χ1v) is 14.1. The Hall–Kier alpha value is -5.16. The van der Waals surface area contributed by atoms with Crippen LogP contribution in [0.1, 0.15) is 43.7 Å². The Morgan fingerprint density at radius 3 is 1.76 bits per heavy atom. The summed E-state index contributed by atoms with van der Waals surface area (Å²) in [7, 11) is 6.09. The number of carbonyl (C=O) groups is 3. The lowest BCUT2D eigenvalue weighted by Gasteiger charge is -2.09. The second kappa shape index (κ2) is 14.7. The smallest absolute Gasteiger partial charge is 0.340 e. The van der Waals surface area contributed by atoms with E-state index in [-0.39, 0.29) is 53.0 Å². The molecule has 0 bridgehead atoms. The standard InChI is InChI=1S/C35H33N2O8.BrH/c1-6-45-35(40)30-20-32(34(39)25-15-28(43-4)19-29(16-25)44-5)37-12-9-23(17-31(30)37)22-7-10-36(11-8-22)21-33(38)24-13-26(41-2)18-27(14-24)42-3;/h7-20H,6,21H2,1-5H3;1H/q+1;/p-1. The largest absolute Gasteiger partial charge is 1.00 e. The monoisotopic (exact) mass is 688 g/mol. The van der Waals surface area contributed by atoms with Crippen molar-refractivity contribution in [3.8, 4) is 34.1 Å². The molecule has 0 N–H and O–H groups in total. The Kier molecular flexibility index (Phi) is 10.8. The van der Waals surface area contributed by atoms with Crippen molar-refractivity contribution >= 4 is 23.1 Å². The van der Waals surface area contributed by atoms with Gasteiger partial charge in [-0.25, -0.2) is 4.79 Å². The van der Waals surface area contributed by atoms with Gasteiger partial charge in [0.25, 0.3) is 0 Å². The van der Waals surface area contributed by atoms with Gasteiger partial charge in [-0.2, -0.15) is 4.57 Å². The first-order valence-electron chi connectivity index (χ1n) is 14.1. The molecule has 0 saturated heterocycles. The molecular weight excluding hydrogens is 656 g/mol. The predicted octanol–water partition coefficient (Wildman–Crippen LogP) is 2.22. The Morgan fingerprint density at radius 1 is 0.696 bits per heavy atom. The molecule has 0 spiro atoms. The Labute approximate surface area is 276 Å². The van der Waals surface area contributed by atoms with Crippen LogP contribution < -0.4 is 40.5 Å². The lowest BCUT2D eigenvalue weighted by atomic mass is 10.1. The van der Waals surface area contributed by atoms with Crippen LogP contribution in [0, 0.1) is 0 Å². The van der Waals surface area contributed by atoms with Crippen LogP contribution in [0.4, 0.5) is 0 Å². The fourth-order valence-corrected chi connectivity index (χ4v) is 4.99. The first kappa shape index (κ1) is 33.7. The second-order valence-corrected chi connectivity index (χ2v) is 10.0. The third kappa shape index (κ3) is 7.05. The second-order valence-electron chi connectivity index (χ2n) is 10.0. The summed E-state index contributed by atoms with van der Waals surface area (Å²) in [5, 5.41) is 0. The van der Waals surface area contributed by atoms with Crippen LogP contribution in [0.2, 0.25) is 0 Å². The summed E-state index contributed by atoms with van der Waals surface area (Å²) in [6, 6.07) is 19.0. The van der Waals surface area contributed by atoms with Crippen LogP contribution in [-0.2, 0) is 11.3 Å². The number of esters is 1. The summed E-state index contributed by atoms with van der Waals surface area (Å²) in [6.07, 6.45) is 5.37. The minimum Gasteiger partial charge on any atom is -1.00 e. The summed E-state index contributed by atoms with van der Waals surface area (Å²) in [4.78, 5) is 39.7. The molecule has 0 aliphatic carbocycles. The van der Waals surface area contributed by atoms with Gasteiger partial charge in [0.05, 0.1) is 51.8 Å². The molecule has 0 aliphatic rings. The number of methoxy groups -OCH3 is 4. The fraction of sp³-hybridized carbons (Fsp3) is 0.200. The highest BCUT2D eigenvalue weighted by atomic mass is 79.9. The van der Waals surface area contributed by atoms with Gasteiger partial charge >= 0.3 is 5.97 Å². The Bertz CT molecular complexity index is 1850. The molecule has 0 radical (unpaired) electrons. The number of rotatable bonds is 12. The molecule has 0 amide bonds. The van der Waals surface area contributed by atoms with E-state index in [2.05, 4.69) is 0 Å². The fourth-order valence-electron chi connectivity index (χ4n) is 4.99. The molecule has 0 fully saturated rings. The molecule has 0 unspecified atom stereocenters. The van der Waals surface area contributed by atoms with Crippen LogP contribution >= 0.6 is 0 Å². The molecule has 0 saturated carbocycles. The zero-order chi connectivity index (χ0) is 32.1. The van der Waals surface area contributed by atoms with Crippen molar-refractivity contribution in [1.82, 2.24) is 4.40 Å². The maximum Gasteiger partial charge on any atom is 0.340 e. The Balaban J connectivity index is 0.00000480. The molecule has 11 heteroatoms. The molecule has 5 rings (SSSR count). The lowest BCUT2D eigenvalue weighted by molar-refractivity contribution is -0.683. The highest BCUT2D eigenvalue weighted by molar-refractivity contribution is 6.12. The van der Waals surface area contributed by atoms with Gasteiger partial charge in [-0.3, -0.25) is 9.59 Å². The minimum atomic E-state index is -0.534. The molecule has 238 valence electrons. The summed E-state index contributed by atoms with van der Waals surface area (Å²) in [5.74, 6) is 1.06. The van der Waals surface area contributed by atoms with E-state index in [0.29, 0.717) is 39.6 Å². The van der Waals surface area contributed by atoms with Gasteiger partial charge in [-0.1, -0.05) is 0 Å². The average molecular weight is 690 g/mol. The number of aromatic nitrogens is 2. The summed E-state index contributed by atoms with van der Waals surface area (Å²) < 4.78 is 30.0. The number of nitrogens with zero attached hydrogens (tertiary/aromatic N) is 2. The van der Waals surface area contributed by atoms with E-state index >= 15 is 0 Å². The van der Waals surface area contributed by atoms with Crippen molar-refractivity contribution in [2.24, 2.45) is 0 Å². The summed E-state index contributed by atoms with van der Waals surface area (Å²) in [6.45, 7) is 2.03. The van der Waals surface area contributed by atoms with Crippen LogP contribution in [0.25, 0.3) is 16.6 Å². The van der Waals surface area contributed by atoms with Gasteiger partial charge in [0.1, 0.15) is 23.0 Å². The van der Waals surface area contributed by atoms with Crippen molar-refractivity contribution in [1.29, 1.82) is 0 Å². The van der Waals surface area contributed by atoms with E-state index in [1.54, 1.807) is 64.6 Å². The average Bonchev–Trinajstić information content (AvgIpc) is 3.46. The van der Waals surface area contributed by atoms with Crippen LogP contribution in [0.15, 0.2) is 85.3 Å². The number of benzene rings is 2. The number of fused-ring (bicyclic) bond motifs is 1. The van der Waals surface area contributed by atoms with E-state index in [0.717, 1.165) is 11.1 Å². The number of ether oxygens (including phenoxy) is 5. The molecule has 0 atom stereocenters. The number of halogens is 1. The molecule has 3 heterocycles. The highest BCUT2D eigenvalue weighted by Gasteiger charge is 2.23. The molecule has 5 aromatic rings. The van der Waals surface area contributed by atoms with Crippen LogP contribution in [0.5, 0.6) is 23.0 Å². The third-order valence-electron chi connectivity index (χ3n) is 7.34. The van der Waals surface area contributed by atoms with Crippen molar-refractivity contribution < 1.29 is 59.6 Å². The van der Waals surface area contributed by atoms with Crippen LogP contribution in [-0.4, -0.2) is 57.0 Å². The highest BCUT2D eigenvalue weighted by Crippen LogP contribution is 2.29. The topological polar surface area (TPSA) is 106 Å². The molecule has 0 aliphatic heterocycles. The van der Waals surface area contributed by atoms with E-state index in [1.807, 2.05) is 36.7 Å². The van der Waals surface area contributed by atoms with Crippen LogP contribution in [0.3, 0.4) is 0 Å². The molecule has 2 aromatic carbocycles. The van der Waals surface area contributed by atoms with E-state index in [4.69, 9.17) is 23.7 Å². The predicted molar refractivity (Wildman–Crippen MR) is 166 cm³/mol.